The lowest BCUT2D eigenvalue weighted by Gasteiger charge is -2.27. The quantitative estimate of drug-likeness (QED) is 0.783. The van der Waals surface area contributed by atoms with E-state index in [0.717, 1.165) is 38.1 Å². The van der Waals surface area contributed by atoms with Crippen LogP contribution in [-0.2, 0) is 11.3 Å². The zero-order valence-corrected chi connectivity index (χ0v) is 9.59. The molecular formula is C12H17N3O. The Morgan fingerprint density at radius 3 is 3.31 bits per heavy atom. The van der Waals surface area contributed by atoms with Gasteiger partial charge in [-0.1, -0.05) is 6.92 Å². The number of aromatic nitrogens is 2. The molecule has 4 nitrogen and oxygen atoms in total. The average Bonchev–Trinajstić information content (AvgIpc) is 2.77. The SMILES string of the molecule is CCCn1cncc1C1OCCCC1C#N. The maximum Gasteiger partial charge on any atom is 0.115 e. The number of nitriles is 1. The monoisotopic (exact) mass is 219 g/mol. The largest absolute Gasteiger partial charge is 0.371 e. The fourth-order valence-electron chi connectivity index (χ4n) is 2.20. The van der Waals surface area contributed by atoms with Crippen molar-refractivity contribution in [1.29, 1.82) is 5.26 Å². The molecule has 2 unspecified atom stereocenters. The van der Waals surface area contributed by atoms with E-state index in [1.54, 1.807) is 0 Å². The van der Waals surface area contributed by atoms with E-state index >= 15 is 0 Å². The molecule has 0 spiro atoms. The van der Waals surface area contributed by atoms with E-state index in [1.165, 1.54) is 0 Å². The maximum atomic E-state index is 9.12. The number of rotatable bonds is 3. The first-order valence-corrected chi connectivity index (χ1v) is 5.88. The van der Waals surface area contributed by atoms with Gasteiger partial charge < -0.3 is 9.30 Å². The summed E-state index contributed by atoms with van der Waals surface area (Å²) in [4.78, 5) is 4.16. The van der Waals surface area contributed by atoms with Crippen molar-refractivity contribution in [3.05, 3.63) is 18.2 Å². The smallest absolute Gasteiger partial charge is 0.115 e. The summed E-state index contributed by atoms with van der Waals surface area (Å²) in [6.45, 7) is 3.82. The van der Waals surface area contributed by atoms with Crippen molar-refractivity contribution in [1.82, 2.24) is 9.55 Å². The van der Waals surface area contributed by atoms with Crippen LogP contribution in [0, 0.1) is 17.2 Å². The molecule has 4 heteroatoms. The highest BCUT2D eigenvalue weighted by atomic mass is 16.5. The molecule has 0 radical (unpaired) electrons. The minimum atomic E-state index is -0.0900. The molecule has 1 aromatic heterocycles. The normalized spacial score (nSPS) is 25.2. The number of ether oxygens (including phenoxy) is 1. The van der Waals surface area contributed by atoms with Gasteiger partial charge in [-0.2, -0.15) is 5.26 Å². The van der Waals surface area contributed by atoms with Crippen LogP contribution in [0.15, 0.2) is 12.5 Å². The van der Waals surface area contributed by atoms with E-state index in [0.29, 0.717) is 0 Å². The van der Waals surface area contributed by atoms with Gasteiger partial charge in [0.15, 0.2) is 0 Å². The van der Waals surface area contributed by atoms with Gasteiger partial charge in [0, 0.05) is 13.2 Å². The van der Waals surface area contributed by atoms with E-state index in [9.17, 15) is 0 Å². The zero-order chi connectivity index (χ0) is 11.4. The molecule has 1 aliphatic heterocycles. The zero-order valence-electron chi connectivity index (χ0n) is 9.59. The van der Waals surface area contributed by atoms with E-state index in [-0.39, 0.29) is 12.0 Å². The van der Waals surface area contributed by atoms with Gasteiger partial charge in [0.2, 0.25) is 0 Å². The summed E-state index contributed by atoms with van der Waals surface area (Å²) in [5.41, 5.74) is 1.05. The third kappa shape index (κ3) is 2.10. The van der Waals surface area contributed by atoms with Crippen LogP contribution in [0.1, 0.15) is 38.0 Å². The molecular weight excluding hydrogens is 202 g/mol. The van der Waals surface area contributed by atoms with Crippen molar-refractivity contribution in [3.8, 4) is 6.07 Å². The van der Waals surface area contributed by atoms with Crippen LogP contribution in [0.4, 0.5) is 0 Å². The summed E-state index contributed by atoms with van der Waals surface area (Å²) >= 11 is 0. The predicted octanol–water partition coefficient (Wildman–Crippen LogP) is 2.28. The second kappa shape index (κ2) is 5.13. The summed E-state index contributed by atoms with van der Waals surface area (Å²) in [5.74, 6) is -0.0268. The Bertz CT molecular complexity index is 380. The second-order valence-corrected chi connectivity index (χ2v) is 4.18. The topological polar surface area (TPSA) is 50.8 Å². The van der Waals surface area contributed by atoms with Gasteiger partial charge in [0.05, 0.1) is 30.2 Å². The molecule has 0 amide bonds. The van der Waals surface area contributed by atoms with Crippen molar-refractivity contribution in [2.45, 2.75) is 38.8 Å². The molecule has 1 saturated heterocycles. The van der Waals surface area contributed by atoms with Crippen LogP contribution >= 0.6 is 0 Å². The standard InChI is InChI=1S/C12H17N3O/c1-2-5-15-9-14-8-11(15)12-10(7-13)4-3-6-16-12/h8-10,12H,2-6H2,1H3. The molecule has 2 heterocycles. The van der Waals surface area contributed by atoms with Crippen LogP contribution in [0.5, 0.6) is 0 Å². The summed E-state index contributed by atoms with van der Waals surface area (Å²) < 4.78 is 7.83. The molecule has 0 saturated carbocycles. The van der Waals surface area contributed by atoms with Crippen molar-refractivity contribution >= 4 is 0 Å². The third-order valence-corrected chi connectivity index (χ3v) is 2.99. The Kier molecular flexibility index (Phi) is 3.58. The summed E-state index contributed by atoms with van der Waals surface area (Å²) in [6, 6.07) is 2.35. The molecule has 0 bridgehead atoms. The Labute approximate surface area is 95.9 Å². The van der Waals surface area contributed by atoms with Crippen molar-refractivity contribution in [2.24, 2.45) is 5.92 Å². The Balaban J connectivity index is 2.21. The molecule has 0 aromatic carbocycles. The minimum absolute atomic E-state index is 0.0268. The third-order valence-electron chi connectivity index (χ3n) is 2.99. The molecule has 1 fully saturated rings. The first kappa shape index (κ1) is 11.2. The van der Waals surface area contributed by atoms with Gasteiger partial charge in [0.1, 0.15) is 6.10 Å². The maximum absolute atomic E-state index is 9.12. The molecule has 2 atom stereocenters. The molecule has 1 aliphatic rings. The molecule has 0 N–H and O–H groups in total. The van der Waals surface area contributed by atoms with Gasteiger partial charge in [-0.05, 0) is 19.3 Å². The van der Waals surface area contributed by atoms with Crippen molar-refractivity contribution in [3.63, 3.8) is 0 Å². The van der Waals surface area contributed by atoms with Crippen LogP contribution in [0.25, 0.3) is 0 Å². The molecule has 0 aliphatic carbocycles. The van der Waals surface area contributed by atoms with Gasteiger partial charge >= 0.3 is 0 Å². The highest BCUT2D eigenvalue weighted by Gasteiger charge is 2.29. The van der Waals surface area contributed by atoms with Gasteiger partial charge in [-0.25, -0.2) is 4.98 Å². The van der Waals surface area contributed by atoms with Gasteiger partial charge in [-0.3, -0.25) is 0 Å². The summed E-state index contributed by atoms with van der Waals surface area (Å²) in [5, 5.41) is 9.12. The fraction of sp³-hybridized carbons (Fsp3) is 0.667. The fourth-order valence-corrected chi connectivity index (χ4v) is 2.20. The second-order valence-electron chi connectivity index (χ2n) is 4.18. The van der Waals surface area contributed by atoms with Crippen molar-refractivity contribution < 1.29 is 4.74 Å². The van der Waals surface area contributed by atoms with Crippen LogP contribution in [0.2, 0.25) is 0 Å². The van der Waals surface area contributed by atoms with E-state index in [4.69, 9.17) is 10.00 Å². The van der Waals surface area contributed by atoms with Crippen LogP contribution in [-0.4, -0.2) is 16.2 Å². The number of hydrogen-bond acceptors (Lipinski definition) is 3. The molecule has 16 heavy (non-hydrogen) atoms. The van der Waals surface area contributed by atoms with E-state index in [2.05, 4.69) is 22.5 Å². The number of aryl methyl sites for hydroxylation is 1. The molecule has 86 valence electrons. The number of hydrogen-bond donors (Lipinski definition) is 0. The summed E-state index contributed by atoms with van der Waals surface area (Å²) in [6.07, 6.45) is 6.54. The average molecular weight is 219 g/mol. The number of nitrogens with zero attached hydrogens (tertiary/aromatic N) is 3. The molecule has 1 aromatic rings. The Morgan fingerprint density at radius 2 is 2.56 bits per heavy atom. The first-order valence-electron chi connectivity index (χ1n) is 5.88. The Morgan fingerprint density at radius 1 is 1.69 bits per heavy atom. The lowest BCUT2D eigenvalue weighted by molar-refractivity contribution is -0.0148. The molecule has 2 rings (SSSR count). The van der Waals surface area contributed by atoms with Gasteiger partial charge in [-0.15, -0.1) is 0 Å². The number of imidazole rings is 1. The van der Waals surface area contributed by atoms with Crippen LogP contribution in [0.3, 0.4) is 0 Å². The lowest BCUT2D eigenvalue weighted by Crippen LogP contribution is -2.23. The van der Waals surface area contributed by atoms with Crippen molar-refractivity contribution in [2.75, 3.05) is 6.61 Å². The first-order chi connectivity index (χ1) is 7.86. The van der Waals surface area contributed by atoms with Crippen LogP contribution < -0.4 is 0 Å². The lowest BCUT2D eigenvalue weighted by atomic mass is 9.94. The summed E-state index contributed by atoms with van der Waals surface area (Å²) in [7, 11) is 0. The predicted molar refractivity (Wildman–Crippen MR) is 59.5 cm³/mol. The Hall–Kier alpha value is -1.34. The van der Waals surface area contributed by atoms with Gasteiger partial charge in [0.25, 0.3) is 0 Å². The minimum Gasteiger partial charge on any atom is -0.371 e. The highest BCUT2D eigenvalue weighted by molar-refractivity contribution is 5.09. The van der Waals surface area contributed by atoms with E-state index < -0.39 is 0 Å². The highest BCUT2D eigenvalue weighted by Crippen LogP contribution is 2.32. The van der Waals surface area contributed by atoms with E-state index in [1.807, 2.05) is 12.5 Å².